The number of azide groups is 1. The van der Waals surface area contributed by atoms with Crippen LogP contribution in [0.15, 0.2) is 88.1 Å². The minimum Gasteiger partial charge on any atom is -0.481 e. The number of hydrogen-bond donors (Lipinski definition) is 2. The molecule has 18 heteroatoms. The zero-order valence-electron chi connectivity index (χ0n) is 31.9. The van der Waals surface area contributed by atoms with E-state index in [1.807, 2.05) is 97.2 Å². The van der Waals surface area contributed by atoms with Gasteiger partial charge in [-0.1, -0.05) is 39.3 Å². The van der Waals surface area contributed by atoms with Gasteiger partial charge in [0.1, 0.15) is 17.2 Å². The molecule has 54 heavy (non-hydrogen) atoms. The van der Waals surface area contributed by atoms with Crippen LogP contribution in [0, 0.1) is 0 Å². The molecule has 0 aliphatic carbocycles. The van der Waals surface area contributed by atoms with Gasteiger partial charge in [0.05, 0.1) is 32.7 Å². The Hall–Kier alpha value is -3.50. The average molecular weight is 834 g/mol. The lowest BCUT2D eigenvalue weighted by Crippen LogP contribution is -2.30. The third-order valence-electron chi connectivity index (χ3n) is 8.45. The summed E-state index contributed by atoms with van der Waals surface area (Å²) >= 11 is 11.9. The van der Waals surface area contributed by atoms with E-state index in [9.17, 15) is 14.4 Å². The van der Waals surface area contributed by atoms with E-state index in [0.29, 0.717) is 42.1 Å². The maximum Gasteiger partial charge on any atom is 0.358 e. The van der Waals surface area contributed by atoms with Crippen molar-refractivity contribution in [2.24, 2.45) is 15.3 Å². The summed E-state index contributed by atoms with van der Waals surface area (Å²) in [6, 6.07) is 21.7. The van der Waals surface area contributed by atoms with Crippen molar-refractivity contribution in [3.63, 3.8) is 0 Å². The van der Waals surface area contributed by atoms with Gasteiger partial charge in [0, 0.05) is 31.6 Å². The quantitative estimate of drug-likeness (QED) is 0.0263. The van der Waals surface area contributed by atoms with Gasteiger partial charge in [0.25, 0.3) is 10.7 Å². The number of ether oxygens (including phenoxy) is 3. The van der Waals surface area contributed by atoms with Gasteiger partial charge in [-0.25, -0.2) is 0 Å². The summed E-state index contributed by atoms with van der Waals surface area (Å²) in [5.41, 5.74) is 10.2. The number of hydrazone groups is 2. The molecule has 5 unspecified atom stereocenters. The van der Waals surface area contributed by atoms with Crippen LogP contribution >= 0.6 is 21.3 Å². The van der Waals surface area contributed by atoms with Crippen molar-refractivity contribution in [3.05, 3.63) is 99.9 Å². The highest BCUT2D eigenvalue weighted by atomic mass is 32.4. The molecule has 0 heterocycles. The smallest absolute Gasteiger partial charge is 0.358 e. The minimum atomic E-state index is -4.16. The number of rotatable bonds is 21. The van der Waals surface area contributed by atoms with E-state index in [1.165, 1.54) is 0 Å². The molecule has 0 saturated carbocycles. The van der Waals surface area contributed by atoms with Crippen LogP contribution in [0.25, 0.3) is 10.4 Å². The van der Waals surface area contributed by atoms with Crippen molar-refractivity contribution >= 4 is 57.3 Å². The Labute approximate surface area is 330 Å². The molecule has 0 spiro atoms. The summed E-state index contributed by atoms with van der Waals surface area (Å²) in [5, 5.41) is 11.7. The molecule has 290 valence electrons. The van der Waals surface area contributed by atoms with Crippen molar-refractivity contribution in [1.29, 1.82) is 0 Å². The molecule has 0 aliphatic rings. The Kier molecular flexibility index (Phi) is 16.5. The summed E-state index contributed by atoms with van der Waals surface area (Å²) in [7, 11) is -0.480. The Morgan fingerprint density at radius 3 is 1.50 bits per heavy atom. The number of benzene rings is 3. The lowest BCUT2D eigenvalue weighted by atomic mass is 10.1. The van der Waals surface area contributed by atoms with Gasteiger partial charge in [-0.15, -0.1) is 19.8 Å². The summed E-state index contributed by atoms with van der Waals surface area (Å²) in [6.07, 6.45) is 5.87. The molecule has 0 radical (unpaired) electrons. The molecule has 13 nitrogen and oxygen atoms in total. The van der Waals surface area contributed by atoms with Gasteiger partial charge >= 0.3 is 21.3 Å². The molecule has 3 rings (SSSR count). The molecule has 0 bridgehead atoms. The van der Waals surface area contributed by atoms with Crippen molar-refractivity contribution in [2.75, 3.05) is 14.1 Å². The Bertz CT molecular complexity index is 1890. The molecule has 0 aromatic heterocycles. The Balaban J connectivity index is 1.61. The van der Waals surface area contributed by atoms with Crippen LogP contribution in [0.3, 0.4) is 0 Å². The molecule has 0 fully saturated rings. The summed E-state index contributed by atoms with van der Waals surface area (Å²) < 4.78 is 33.6. The van der Waals surface area contributed by atoms with E-state index >= 15 is 0 Å². The third kappa shape index (κ3) is 13.4. The van der Waals surface area contributed by atoms with Gasteiger partial charge in [-0.3, -0.25) is 4.57 Å². The van der Waals surface area contributed by atoms with Gasteiger partial charge in [0.15, 0.2) is 29.3 Å². The lowest BCUT2D eigenvalue weighted by Gasteiger charge is -2.25. The van der Waals surface area contributed by atoms with Crippen molar-refractivity contribution in [3.8, 4) is 17.2 Å². The second-order valence-corrected chi connectivity index (χ2v) is 21.0. The van der Waals surface area contributed by atoms with Gasteiger partial charge in [0.2, 0.25) is 0 Å². The standard InChI is InChI=1S/C36H48N7O6P3S2/c1-9-24-34(4,40-41-37)47-31-18-12-28(13-19-31)25-38-42(7)50(53)35(5,10-2)48-32-20-14-29(15-21-32)26-39-43(8)51(54)36(6,11-3)49-33-22-16-30(17-23-33)27-52(44,45)46/h12-23,25-26H,9-11,24,27H2,1-8H3/p+2/b38-25+,39-26+. The van der Waals surface area contributed by atoms with Crippen molar-refractivity contribution < 1.29 is 28.6 Å². The van der Waals surface area contributed by atoms with Crippen LogP contribution in [0.1, 0.15) is 83.9 Å². The van der Waals surface area contributed by atoms with Crippen LogP contribution in [0.4, 0.5) is 0 Å². The fourth-order valence-electron chi connectivity index (χ4n) is 5.09. The summed E-state index contributed by atoms with van der Waals surface area (Å²) in [5.74, 6) is 1.84. The minimum absolute atomic E-state index is 0.326. The summed E-state index contributed by atoms with van der Waals surface area (Å²) in [6.45, 7) is 9.19. The van der Waals surface area contributed by atoms with Crippen molar-refractivity contribution in [1.82, 2.24) is 9.56 Å². The van der Waals surface area contributed by atoms with Gasteiger partial charge in [-0.2, -0.15) is 0 Å². The molecule has 0 saturated heterocycles. The highest BCUT2D eigenvalue weighted by Crippen LogP contribution is 2.47. The second kappa shape index (κ2) is 19.9. The highest BCUT2D eigenvalue weighted by molar-refractivity contribution is 8.04. The average Bonchev–Trinajstić information content (AvgIpc) is 3.13. The zero-order chi connectivity index (χ0) is 40.2. The van der Waals surface area contributed by atoms with Crippen LogP contribution in [-0.2, 0) is 34.3 Å². The second-order valence-electron chi connectivity index (χ2n) is 13.1. The zero-order valence-corrected chi connectivity index (χ0v) is 36.3. The molecular weight excluding hydrogens is 783 g/mol. The first-order valence-electron chi connectivity index (χ1n) is 17.3. The van der Waals surface area contributed by atoms with Crippen LogP contribution in [0.5, 0.6) is 17.2 Å². The maximum absolute atomic E-state index is 11.3. The SMILES string of the molecule is CCCC(C)(N=[N+]=[N-])Oc1ccc(/C=N/N(C)[P+](=S)C(C)(CC)Oc2ccc(/C=N/N(C)[P+](=S)C(C)(CC)Oc3ccc(CP(=O)(O)O)cc3)cc2)cc1. The highest BCUT2D eigenvalue weighted by Gasteiger charge is 2.46. The topological polar surface area (TPSA) is 165 Å². The predicted molar refractivity (Wildman–Crippen MR) is 226 cm³/mol. The first-order valence-corrected chi connectivity index (χ1v) is 23.8. The molecule has 0 amide bonds. The first-order chi connectivity index (χ1) is 25.4. The first kappa shape index (κ1) is 44.9. The fraction of sp³-hybridized carbons (Fsp3) is 0.444. The molecular formula is C36H50N7O6P3S2+2. The van der Waals surface area contributed by atoms with Crippen LogP contribution < -0.4 is 14.2 Å². The molecule has 0 aliphatic heterocycles. The van der Waals surface area contributed by atoms with E-state index in [2.05, 4.69) is 20.2 Å². The molecule has 3 aromatic rings. The third-order valence-corrected chi connectivity index (χ3v) is 16.7. The monoisotopic (exact) mass is 833 g/mol. The fourth-order valence-corrected chi connectivity index (χ4v) is 9.45. The Morgan fingerprint density at radius 1 is 0.759 bits per heavy atom. The maximum atomic E-state index is 11.3. The van der Waals surface area contributed by atoms with Gasteiger partial charge < -0.3 is 24.0 Å². The van der Waals surface area contributed by atoms with Gasteiger partial charge in [-0.05, 0) is 101 Å². The normalized spacial score (nSPS) is 15.7. The molecule has 5 atom stereocenters. The largest absolute Gasteiger partial charge is 0.481 e. The number of nitrogens with zero attached hydrogens (tertiary/aromatic N) is 7. The predicted octanol–water partition coefficient (Wildman–Crippen LogP) is 10.2. The van der Waals surface area contributed by atoms with E-state index in [1.54, 1.807) is 53.2 Å². The van der Waals surface area contributed by atoms with Crippen molar-refractivity contribution in [2.45, 2.75) is 89.8 Å². The van der Waals surface area contributed by atoms with E-state index < -0.39 is 37.7 Å². The van der Waals surface area contributed by atoms with E-state index in [4.69, 9.17) is 43.4 Å². The molecule has 3 aromatic carbocycles. The number of hydrogen-bond acceptors (Lipinski definition) is 9. The van der Waals surface area contributed by atoms with E-state index in [-0.39, 0.29) is 6.16 Å². The van der Waals surface area contributed by atoms with E-state index in [0.717, 1.165) is 17.5 Å². The summed E-state index contributed by atoms with van der Waals surface area (Å²) in [4.78, 5) is 21.4. The van der Waals surface area contributed by atoms with Crippen LogP contribution in [0.2, 0.25) is 0 Å². The Morgan fingerprint density at radius 2 is 1.15 bits per heavy atom. The van der Waals surface area contributed by atoms with Crippen LogP contribution in [-0.4, -0.2) is 62.3 Å². The molecule has 2 N–H and O–H groups in total. The lowest BCUT2D eigenvalue weighted by molar-refractivity contribution is 0.0857.